The predicted molar refractivity (Wildman–Crippen MR) is 80.7 cm³/mol. The van der Waals surface area contributed by atoms with Gasteiger partial charge in [0.05, 0.1) is 14.1 Å². The summed E-state index contributed by atoms with van der Waals surface area (Å²) in [6.07, 6.45) is 0. The molecule has 0 bridgehead atoms. The Kier molecular flexibility index (Phi) is 4.09. The van der Waals surface area contributed by atoms with Gasteiger partial charge in [0.2, 0.25) is 0 Å². The van der Waals surface area contributed by atoms with Crippen LogP contribution in [0.1, 0.15) is 11.1 Å². The van der Waals surface area contributed by atoms with Gasteiger partial charge in [-0.15, -0.1) is 0 Å². The molecule has 0 N–H and O–H groups in total. The van der Waals surface area contributed by atoms with Gasteiger partial charge in [0.1, 0.15) is 0 Å². The topological polar surface area (TPSA) is 43.1 Å². The second-order valence-corrected chi connectivity index (χ2v) is 4.73. The largest absolute Gasteiger partial charge is 0.290 e. The van der Waals surface area contributed by atoms with Crippen molar-refractivity contribution in [2.24, 2.45) is 0 Å². The summed E-state index contributed by atoms with van der Waals surface area (Å²) < 4.78 is 0.643. The van der Waals surface area contributed by atoms with Gasteiger partial charge in [0.25, 0.3) is 5.70 Å². The second kappa shape index (κ2) is 5.77. The van der Waals surface area contributed by atoms with Crippen LogP contribution in [-0.4, -0.2) is 4.92 Å². The minimum Gasteiger partial charge on any atom is -0.258 e. The SMILES string of the molecule is O=[N+]([O-])/C(=C(\I)c1ccccc1)c1ccccc1. The van der Waals surface area contributed by atoms with E-state index < -0.39 is 0 Å². The molecular weight excluding hydrogens is 341 g/mol. The molecule has 0 aliphatic heterocycles. The molecule has 3 nitrogen and oxygen atoms in total. The molecule has 0 fully saturated rings. The highest BCUT2D eigenvalue weighted by atomic mass is 127. The third-order valence-electron chi connectivity index (χ3n) is 2.46. The first-order valence-electron chi connectivity index (χ1n) is 5.35. The third-order valence-corrected chi connectivity index (χ3v) is 3.60. The monoisotopic (exact) mass is 351 g/mol. The molecule has 4 heteroatoms. The standard InChI is InChI=1S/C14H10INO2/c15-13(11-7-3-1-4-8-11)14(16(17)18)12-9-5-2-6-10-12/h1-10H/b14-13-. The Morgan fingerprint density at radius 2 is 1.33 bits per heavy atom. The Morgan fingerprint density at radius 3 is 1.78 bits per heavy atom. The number of benzene rings is 2. The van der Waals surface area contributed by atoms with Crippen LogP contribution >= 0.6 is 22.6 Å². The van der Waals surface area contributed by atoms with E-state index >= 15 is 0 Å². The van der Waals surface area contributed by atoms with Crippen molar-refractivity contribution in [2.75, 3.05) is 0 Å². The van der Waals surface area contributed by atoms with Crippen LogP contribution in [-0.2, 0) is 0 Å². The molecule has 0 aromatic heterocycles. The maximum absolute atomic E-state index is 11.3. The van der Waals surface area contributed by atoms with Crippen LogP contribution in [0.4, 0.5) is 0 Å². The van der Waals surface area contributed by atoms with Gasteiger partial charge in [-0.1, -0.05) is 48.5 Å². The van der Waals surface area contributed by atoms with E-state index in [9.17, 15) is 10.1 Å². The molecule has 18 heavy (non-hydrogen) atoms. The average molecular weight is 351 g/mol. The summed E-state index contributed by atoms with van der Waals surface area (Å²) in [5.74, 6) is 0. The first kappa shape index (κ1) is 12.8. The van der Waals surface area contributed by atoms with Gasteiger partial charge in [0.15, 0.2) is 0 Å². The van der Waals surface area contributed by atoms with Crippen LogP contribution in [0, 0.1) is 10.1 Å². The van der Waals surface area contributed by atoms with Crippen molar-refractivity contribution in [1.82, 2.24) is 0 Å². The lowest BCUT2D eigenvalue weighted by Crippen LogP contribution is -1.99. The summed E-state index contributed by atoms with van der Waals surface area (Å²) in [6.45, 7) is 0. The highest BCUT2D eigenvalue weighted by Crippen LogP contribution is 2.31. The van der Waals surface area contributed by atoms with Crippen LogP contribution in [0.5, 0.6) is 0 Å². The van der Waals surface area contributed by atoms with Crippen molar-refractivity contribution in [2.45, 2.75) is 0 Å². The normalized spacial score (nSPS) is 11.8. The summed E-state index contributed by atoms with van der Waals surface area (Å²) in [4.78, 5) is 10.9. The Morgan fingerprint density at radius 1 is 0.889 bits per heavy atom. The fraction of sp³-hybridized carbons (Fsp3) is 0. The molecule has 0 heterocycles. The first-order chi connectivity index (χ1) is 8.70. The van der Waals surface area contributed by atoms with E-state index in [0.29, 0.717) is 9.14 Å². The van der Waals surface area contributed by atoms with Crippen molar-refractivity contribution in [1.29, 1.82) is 0 Å². The first-order valence-corrected chi connectivity index (χ1v) is 6.43. The Balaban J connectivity index is 2.58. The number of nitro groups is 1. The van der Waals surface area contributed by atoms with Gasteiger partial charge in [-0.3, -0.25) is 10.1 Å². The molecule has 0 amide bonds. The molecule has 2 aromatic carbocycles. The number of rotatable bonds is 3. The maximum atomic E-state index is 11.3. The van der Waals surface area contributed by atoms with Gasteiger partial charge in [-0.25, -0.2) is 0 Å². The van der Waals surface area contributed by atoms with Crippen LogP contribution in [0.15, 0.2) is 60.7 Å². The lowest BCUT2D eigenvalue weighted by Gasteiger charge is -2.03. The van der Waals surface area contributed by atoms with Gasteiger partial charge < -0.3 is 0 Å². The quantitative estimate of drug-likeness (QED) is 0.360. The van der Waals surface area contributed by atoms with Gasteiger partial charge in [-0.2, -0.15) is 0 Å². The highest BCUT2D eigenvalue weighted by Gasteiger charge is 2.20. The zero-order valence-corrected chi connectivity index (χ0v) is 11.6. The van der Waals surface area contributed by atoms with Gasteiger partial charge in [0, 0.05) is 0 Å². The van der Waals surface area contributed by atoms with E-state index in [1.54, 1.807) is 24.3 Å². The molecule has 0 radical (unpaired) electrons. The molecule has 2 aromatic rings. The molecule has 0 unspecified atom stereocenters. The zero-order valence-electron chi connectivity index (χ0n) is 9.42. The van der Waals surface area contributed by atoms with Crippen LogP contribution in [0.3, 0.4) is 0 Å². The van der Waals surface area contributed by atoms with E-state index in [-0.39, 0.29) is 10.6 Å². The molecule has 2 rings (SSSR count). The van der Waals surface area contributed by atoms with Crippen LogP contribution in [0.2, 0.25) is 0 Å². The lowest BCUT2D eigenvalue weighted by molar-refractivity contribution is -0.374. The van der Waals surface area contributed by atoms with Gasteiger partial charge >= 0.3 is 0 Å². The highest BCUT2D eigenvalue weighted by molar-refractivity contribution is 14.1. The molecule has 0 aliphatic rings. The molecule has 0 atom stereocenters. The molecule has 90 valence electrons. The lowest BCUT2D eigenvalue weighted by atomic mass is 10.1. The average Bonchev–Trinajstić information content (AvgIpc) is 2.40. The minimum absolute atomic E-state index is 0.141. The summed E-state index contributed by atoms with van der Waals surface area (Å²) in [5.41, 5.74) is 1.62. The van der Waals surface area contributed by atoms with Crippen molar-refractivity contribution in [3.05, 3.63) is 81.9 Å². The number of hydrogen-bond acceptors (Lipinski definition) is 2. The van der Waals surface area contributed by atoms with E-state index in [4.69, 9.17) is 0 Å². The molecule has 0 spiro atoms. The van der Waals surface area contributed by atoms with Crippen LogP contribution < -0.4 is 0 Å². The minimum atomic E-state index is -0.329. The number of nitrogens with zero attached hydrogens (tertiary/aromatic N) is 1. The van der Waals surface area contributed by atoms with Crippen molar-refractivity contribution in [3.8, 4) is 0 Å². The van der Waals surface area contributed by atoms with Crippen LogP contribution in [0.25, 0.3) is 9.28 Å². The van der Waals surface area contributed by atoms with E-state index in [1.807, 2.05) is 59.0 Å². The fourth-order valence-electron chi connectivity index (χ4n) is 1.63. The molecular formula is C14H10INO2. The molecule has 0 aliphatic carbocycles. The van der Waals surface area contributed by atoms with Crippen molar-refractivity contribution in [3.63, 3.8) is 0 Å². The van der Waals surface area contributed by atoms with Gasteiger partial charge in [-0.05, 0) is 40.3 Å². The summed E-state index contributed by atoms with van der Waals surface area (Å²) in [7, 11) is 0. The smallest absolute Gasteiger partial charge is 0.258 e. The summed E-state index contributed by atoms with van der Waals surface area (Å²) >= 11 is 2.03. The zero-order chi connectivity index (χ0) is 13.0. The fourth-order valence-corrected chi connectivity index (χ4v) is 2.50. The van der Waals surface area contributed by atoms with Crippen molar-refractivity contribution >= 4 is 31.9 Å². The second-order valence-electron chi connectivity index (χ2n) is 3.65. The Bertz CT molecular complexity index is 579. The molecule has 0 saturated carbocycles. The summed E-state index contributed by atoms with van der Waals surface area (Å²) in [6, 6.07) is 18.3. The number of halogens is 1. The van der Waals surface area contributed by atoms with E-state index in [1.165, 1.54) is 0 Å². The molecule has 0 saturated heterocycles. The number of hydrogen-bond donors (Lipinski definition) is 0. The van der Waals surface area contributed by atoms with E-state index in [2.05, 4.69) is 0 Å². The summed E-state index contributed by atoms with van der Waals surface area (Å²) in [5, 5.41) is 11.3. The Labute approximate surface area is 118 Å². The predicted octanol–water partition coefficient (Wildman–Crippen LogP) is 4.22. The van der Waals surface area contributed by atoms with Crippen molar-refractivity contribution < 1.29 is 4.92 Å². The Hall–Kier alpha value is -1.69. The maximum Gasteiger partial charge on any atom is 0.290 e. The van der Waals surface area contributed by atoms with E-state index in [0.717, 1.165) is 5.56 Å². The third kappa shape index (κ3) is 2.76.